The number of carbonyl (C=O) groups is 2. The van der Waals surface area contributed by atoms with Crippen LogP contribution in [0.3, 0.4) is 0 Å². The Hall–Kier alpha value is -1.55. The molecule has 21 heavy (non-hydrogen) atoms. The highest BCUT2D eigenvalue weighted by Gasteiger charge is 2.36. The van der Waals surface area contributed by atoms with E-state index in [-0.39, 0.29) is 29.7 Å². The first-order valence-electron chi connectivity index (χ1n) is 7.06. The number of nitrogens with one attached hydrogen (secondary N) is 1. The summed E-state index contributed by atoms with van der Waals surface area (Å²) in [4.78, 5) is 26.0. The SMILES string of the molecule is Cc1ccc(N2C[C@@H](C(=O)NC(C)(C)C)CC2=O)cc1Cl. The van der Waals surface area contributed by atoms with E-state index in [2.05, 4.69) is 5.32 Å². The van der Waals surface area contributed by atoms with E-state index in [4.69, 9.17) is 11.6 Å². The van der Waals surface area contributed by atoms with Crippen LogP contribution in [0.1, 0.15) is 32.8 Å². The Bertz CT molecular complexity index is 578. The Balaban J connectivity index is 2.12. The van der Waals surface area contributed by atoms with E-state index in [0.717, 1.165) is 11.3 Å². The molecule has 0 saturated carbocycles. The van der Waals surface area contributed by atoms with Gasteiger partial charge in [0.25, 0.3) is 0 Å². The highest BCUT2D eigenvalue weighted by molar-refractivity contribution is 6.31. The normalized spacial score (nSPS) is 19.0. The lowest BCUT2D eigenvalue weighted by Gasteiger charge is -2.23. The molecular formula is C16H21ClN2O2. The number of anilines is 1. The molecule has 1 saturated heterocycles. The Labute approximate surface area is 130 Å². The number of halogens is 1. The fraction of sp³-hybridized carbons (Fsp3) is 0.500. The van der Waals surface area contributed by atoms with Gasteiger partial charge < -0.3 is 10.2 Å². The lowest BCUT2D eigenvalue weighted by molar-refractivity contribution is -0.127. The summed E-state index contributed by atoms with van der Waals surface area (Å²) in [5.74, 6) is -0.419. The van der Waals surface area contributed by atoms with Crippen molar-refractivity contribution in [2.45, 2.75) is 39.7 Å². The van der Waals surface area contributed by atoms with Gasteiger partial charge in [-0.1, -0.05) is 17.7 Å². The largest absolute Gasteiger partial charge is 0.351 e. The van der Waals surface area contributed by atoms with Gasteiger partial charge in [-0.25, -0.2) is 0 Å². The van der Waals surface area contributed by atoms with Crippen LogP contribution >= 0.6 is 11.6 Å². The summed E-state index contributed by atoms with van der Waals surface area (Å²) in [5, 5.41) is 3.56. The van der Waals surface area contributed by atoms with Gasteiger partial charge >= 0.3 is 0 Å². The molecule has 1 aliphatic heterocycles. The third kappa shape index (κ3) is 3.76. The number of aryl methyl sites for hydroxylation is 1. The maximum Gasteiger partial charge on any atom is 0.227 e. The number of nitrogens with zero attached hydrogens (tertiary/aromatic N) is 1. The van der Waals surface area contributed by atoms with Gasteiger partial charge in [-0.05, 0) is 45.4 Å². The Morgan fingerprint density at radius 2 is 2.05 bits per heavy atom. The van der Waals surface area contributed by atoms with Crippen LogP contribution in [0.5, 0.6) is 0 Å². The minimum Gasteiger partial charge on any atom is -0.351 e. The fourth-order valence-corrected chi connectivity index (χ4v) is 2.53. The van der Waals surface area contributed by atoms with Gasteiger partial charge in [0, 0.05) is 29.2 Å². The molecular weight excluding hydrogens is 288 g/mol. The second-order valence-electron chi connectivity index (χ2n) is 6.58. The van der Waals surface area contributed by atoms with Crippen LogP contribution in [-0.2, 0) is 9.59 Å². The first-order chi connectivity index (χ1) is 9.67. The Morgan fingerprint density at radius 3 is 2.62 bits per heavy atom. The number of hydrogen-bond donors (Lipinski definition) is 1. The zero-order chi connectivity index (χ0) is 15.8. The molecule has 2 rings (SSSR count). The number of hydrogen-bond acceptors (Lipinski definition) is 2. The van der Waals surface area contributed by atoms with Gasteiger partial charge in [0.15, 0.2) is 0 Å². The van der Waals surface area contributed by atoms with Crippen LogP contribution in [0.25, 0.3) is 0 Å². The van der Waals surface area contributed by atoms with Crippen molar-refractivity contribution in [1.29, 1.82) is 0 Å². The molecule has 1 heterocycles. The number of carbonyl (C=O) groups excluding carboxylic acids is 2. The van der Waals surface area contributed by atoms with Crippen molar-refractivity contribution in [3.63, 3.8) is 0 Å². The molecule has 2 amide bonds. The quantitative estimate of drug-likeness (QED) is 0.913. The molecule has 0 radical (unpaired) electrons. The first-order valence-corrected chi connectivity index (χ1v) is 7.44. The van der Waals surface area contributed by atoms with Crippen molar-refractivity contribution in [2.75, 3.05) is 11.4 Å². The van der Waals surface area contributed by atoms with E-state index in [1.807, 2.05) is 39.8 Å². The predicted molar refractivity (Wildman–Crippen MR) is 84.5 cm³/mol. The third-order valence-corrected chi connectivity index (χ3v) is 3.87. The average molecular weight is 309 g/mol. The van der Waals surface area contributed by atoms with E-state index in [1.165, 1.54) is 0 Å². The summed E-state index contributed by atoms with van der Waals surface area (Å²) in [6.45, 7) is 8.11. The van der Waals surface area contributed by atoms with Crippen LogP contribution < -0.4 is 10.2 Å². The molecule has 0 spiro atoms. The van der Waals surface area contributed by atoms with Gasteiger partial charge in [0.2, 0.25) is 11.8 Å². The molecule has 1 atom stereocenters. The van der Waals surface area contributed by atoms with Crippen LogP contribution in [0, 0.1) is 12.8 Å². The zero-order valence-electron chi connectivity index (χ0n) is 12.9. The Kier molecular flexibility index (Phi) is 4.28. The second kappa shape index (κ2) is 5.68. The van der Waals surface area contributed by atoms with E-state index in [0.29, 0.717) is 11.6 Å². The number of amides is 2. The summed E-state index contributed by atoms with van der Waals surface area (Å²) in [6, 6.07) is 5.52. The Morgan fingerprint density at radius 1 is 1.38 bits per heavy atom. The molecule has 5 heteroatoms. The maximum absolute atomic E-state index is 12.2. The maximum atomic E-state index is 12.2. The molecule has 1 aromatic carbocycles. The minimum atomic E-state index is -0.309. The predicted octanol–water partition coefficient (Wildman–Crippen LogP) is 2.92. The van der Waals surface area contributed by atoms with Crippen molar-refractivity contribution < 1.29 is 9.59 Å². The van der Waals surface area contributed by atoms with Crippen LogP contribution in [-0.4, -0.2) is 23.9 Å². The van der Waals surface area contributed by atoms with Crippen molar-refractivity contribution in [3.05, 3.63) is 28.8 Å². The van der Waals surface area contributed by atoms with Crippen molar-refractivity contribution in [3.8, 4) is 0 Å². The standard InChI is InChI=1S/C16H21ClN2O2/c1-10-5-6-12(8-13(10)17)19-9-11(7-14(19)20)15(21)18-16(2,3)4/h5-6,8,11H,7,9H2,1-4H3,(H,18,21)/t11-/m0/s1. The minimum absolute atomic E-state index is 0.0380. The van der Waals surface area contributed by atoms with E-state index < -0.39 is 0 Å². The summed E-state index contributed by atoms with van der Waals surface area (Å²) in [7, 11) is 0. The summed E-state index contributed by atoms with van der Waals surface area (Å²) >= 11 is 6.11. The number of rotatable bonds is 2. The molecule has 1 aliphatic rings. The third-order valence-electron chi connectivity index (χ3n) is 3.46. The van der Waals surface area contributed by atoms with Gasteiger partial charge in [0.05, 0.1) is 5.92 Å². The van der Waals surface area contributed by atoms with Crippen molar-refractivity contribution >= 4 is 29.1 Å². The lowest BCUT2D eigenvalue weighted by atomic mass is 10.0. The number of benzene rings is 1. The van der Waals surface area contributed by atoms with Gasteiger partial charge in [-0.15, -0.1) is 0 Å². The van der Waals surface area contributed by atoms with Crippen LogP contribution in [0.15, 0.2) is 18.2 Å². The van der Waals surface area contributed by atoms with Crippen molar-refractivity contribution in [2.24, 2.45) is 5.92 Å². The molecule has 0 bridgehead atoms. The van der Waals surface area contributed by atoms with Gasteiger partial charge in [0.1, 0.15) is 0 Å². The summed E-state index contributed by atoms with van der Waals surface area (Å²) < 4.78 is 0. The smallest absolute Gasteiger partial charge is 0.227 e. The monoisotopic (exact) mass is 308 g/mol. The molecule has 0 aliphatic carbocycles. The molecule has 0 aromatic heterocycles. The van der Waals surface area contributed by atoms with E-state index >= 15 is 0 Å². The molecule has 4 nitrogen and oxygen atoms in total. The molecule has 0 unspecified atom stereocenters. The first kappa shape index (κ1) is 15.8. The fourth-order valence-electron chi connectivity index (χ4n) is 2.35. The van der Waals surface area contributed by atoms with E-state index in [9.17, 15) is 9.59 Å². The highest BCUT2D eigenvalue weighted by atomic mass is 35.5. The molecule has 114 valence electrons. The lowest BCUT2D eigenvalue weighted by Crippen LogP contribution is -2.44. The highest BCUT2D eigenvalue weighted by Crippen LogP contribution is 2.29. The summed E-state index contributed by atoms with van der Waals surface area (Å²) in [6.07, 6.45) is 0.243. The zero-order valence-corrected chi connectivity index (χ0v) is 13.6. The molecule has 1 N–H and O–H groups in total. The van der Waals surface area contributed by atoms with Crippen LogP contribution in [0.2, 0.25) is 5.02 Å². The van der Waals surface area contributed by atoms with Gasteiger partial charge in [-0.3, -0.25) is 9.59 Å². The molecule has 1 fully saturated rings. The molecule has 1 aromatic rings. The van der Waals surface area contributed by atoms with Crippen molar-refractivity contribution in [1.82, 2.24) is 5.32 Å². The van der Waals surface area contributed by atoms with Gasteiger partial charge in [-0.2, -0.15) is 0 Å². The van der Waals surface area contributed by atoms with Crippen LogP contribution in [0.4, 0.5) is 5.69 Å². The van der Waals surface area contributed by atoms with E-state index in [1.54, 1.807) is 11.0 Å². The average Bonchev–Trinajstić information content (AvgIpc) is 2.73. The summed E-state index contributed by atoms with van der Waals surface area (Å²) in [5.41, 5.74) is 1.43. The topological polar surface area (TPSA) is 49.4 Å². The second-order valence-corrected chi connectivity index (χ2v) is 6.99.